The molecule has 3 rings (SSSR count). The molecule has 0 aromatic carbocycles. The molecule has 0 spiro atoms. The molecular formula is C24H33N5O. The van der Waals surface area contributed by atoms with E-state index in [0.717, 1.165) is 78.9 Å². The number of fused-ring (bicyclic) bond motifs is 1. The van der Waals surface area contributed by atoms with E-state index in [1.165, 1.54) is 0 Å². The number of piperazine rings is 1. The van der Waals surface area contributed by atoms with Crippen molar-refractivity contribution in [2.45, 2.75) is 20.3 Å². The Labute approximate surface area is 180 Å². The molecule has 160 valence electrons. The molecule has 0 aliphatic carbocycles. The fourth-order valence-corrected chi connectivity index (χ4v) is 3.71. The molecule has 1 N–H and O–H groups in total. The Morgan fingerprint density at radius 1 is 1.27 bits per heavy atom. The van der Waals surface area contributed by atoms with E-state index < -0.39 is 0 Å². The van der Waals surface area contributed by atoms with Gasteiger partial charge in [-0.05, 0) is 43.2 Å². The lowest BCUT2D eigenvalue weighted by molar-refractivity contribution is 0.133. The number of aliphatic imine (C=N–C) groups is 2. The van der Waals surface area contributed by atoms with Crippen LogP contribution in [0.3, 0.4) is 0 Å². The Hall–Kier alpha value is -2.70. The van der Waals surface area contributed by atoms with Crippen LogP contribution in [0.4, 0.5) is 0 Å². The third kappa shape index (κ3) is 4.89. The van der Waals surface area contributed by atoms with Gasteiger partial charge >= 0.3 is 0 Å². The van der Waals surface area contributed by atoms with Gasteiger partial charge in [0.15, 0.2) is 0 Å². The van der Waals surface area contributed by atoms with Crippen LogP contribution < -0.4 is 0 Å². The normalized spacial score (nSPS) is 20.7. The van der Waals surface area contributed by atoms with Crippen LogP contribution in [-0.4, -0.2) is 77.7 Å². The summed E-state index contributed by atoms with van der Waals surface area (Å²) in [7, 11) is 1.79. The molecular weight excluding hydrogens is 374 g/mol. The van der Waals surface area contributed by atoms with Gasteiger partial charge in [-0.25, -0.2) is 4.99 Å². The van der Waals surface area contributed by atoms with Crippen LogP contribution >= 0.6 is 0 Å². The summed E-state index contributed by atoms with van der Waals surface area (Å²) in [5.41, 5.74) is 5.90. The van der Waals surface area contributed by atoms with Gasteiger partial charge in [0.25, 0.3) is 0 Å². The van der Waals surface area contributed by atoms with Crippen molar-refractivity contribution in [3.8, 4) is 0 Å². The third-order valence-electron chi connectivity index (χ3n) is 5.75. The summed E-state index contributed by atoms with van der Waals surface area (Å²) in [6.07, 6.45) is 11.2. The second-order valence-corrected chi connectivity index (χ2v) is 7.69. The van der Waals surface area contributed by atoms with Gasteiger partial charge in [-0.2, -0.15) is 0 Å². The van der Waals surface area contributed by atoms with Crippen molar-refractivity contribution in [1.29, 1.82) is 0 Å². The summed E-state index contributed by atoms with van der Waals surface area (Å²) < 4.78 is 0. The zero-order valence-electron chi connectivity index (χ0n) is 18.4. The Kier molecular flexibility index (Phi) is 7.24. The van der Waals surface area contributed by atoms with Crippen molar-refractivity contribution in [3.63, 3.8) is 0 Å². The molecule has 0 radical (unpaired) electrons. The molecule has 0 saturated carbocycles. The van der Waals surface area contributed by atoms with Crippen LogP contribution in [-0.2, 0) is 0 Å². The van der Waals surface area contributed by atoms with Crippen LogP contribution in [0.5, 0.6) is 0 Å². The summed E-state index contributed by atoms with van der Waals surface area (Å²) >= 11 is 0. The number of β-amino-alcohol motifs (C(OH)–C–C–N with tert-alkyl or cyclic N) is 1. The molecule has 6 nitrogen and oxygen atoms in total. The molecule has 30 heavy (non-hydrogen) atoms. The summed E-state index contributed by atoms with van der Waals surface area (Å²) in [6.45, 7) is 17.3. The second-order valence-electron chi connectivity index (χ2n) is 7.69. The number of rotatable bonds is 7. The summed E-state index contributed by atoms with van der Waals surface area (Å²) in [4.78, 5) is 16.0. The molecule has 0 aromatic rings. The average molecular weight is 408 g/mol. The van der Waals surface area contributed by atoms with Gasteiger partial charge in [-0.1, -0.05) is 25.7 Å². The molecule has 0 bridgehead atoms. The van der Waals surface area contributed by atoms with Gasteiger partial charge in [-0.3, -0.25) is 9.89 Å². The standard InChI is InChI=1S/C24H33N5O/c1-6-18(2)19(3)15-22(25-5)23-16-20(4)29-17-21(7-8-24(29)26-23)28-11-9-27(10-12-28)13-14-30/h7-8,15-17,30H,2,4,6,9-14H2,1,3,5H3/b19-15+,25-22?. The first-order chi connectivity index (χ1) is 14.5. The van der Waals surface area contributed by atoms with Gasteiger partial charge in [0.2, 0.25) is 0 Å². The fourth-order valence-electron chi connectivity index (χ4n) is 3.71. The first-order valence-electron chi connectivity index (χ1n) is 10.6. The molecule has 0 aromatic heterocycles. The lowest BCUT2D eigenvalue weighted by Gasteiger charge is -2.38. The minimum Gasteiger partial charge on any atom is -0.395 e. The maximum atomic E-state index is 9.13. The highest BCUT2D eigenvalue weighted by atomic mass is 16.3. The van der Waals surface area contributed by atoms with Crippen LogP contribution in [0.25, 0.3) is 0 Å². The summed E-state index contributed by atoms with van der Waals surface area (Å²) in [6, 6.07) is 0. The number of nitrogens with zero attached hydrogens (tertiary/aromatic N) is 5. The highest BCUT2D eigenvalue weighted by molar-refractivity contribution is 6.12. The zero-order valence-corrected chi connectivity index (χ0v) is 18.4. The van der Waals surface area contributed by atoms with Crippen LogP contribution in [0, 0.1) is 0 Å². The van der Waals surface area contributed by atoms with Crippen LogP contribution in [0.15, 0.2) is 81.9 Å². The topological polar surface area (TPSA) is 54.7 Å². The quantitative estimate of drug-likeness (QED) is 0.520. The van der Waals surface area contributed by atoms with Crippen molar-refractivity contribution in [2.75, 3.05) is 46.4 Å². The van der Waals surface area contributed by atoms with E-state index in [9.17, 15) is 0 Å². The van der Waals surface area contributed by atoms with E-state index in [4.69, 9.17) is 10.1 Å². The lowest BCUT2D eigenvalue weighted by atomic mass is 10.0. The number of hydrogen-bond acceptors (Lipinski definition) is 6. The van der Waals surface area contributed by atoms with E-state index in [0.29, 0.717) is 0 Å². The highest BCUT2D eigenvalue weighted by Crippen LogP contribution is 2.26. The molecule has 3 heterocycles. The van der Waals surface area contributed by atoms with Crippen molar-refractivity contribution in [1.82, 2.24) is 14.7 Å². The Morgan fingerprint density at radius 3 is 2.63 bits per heavy atom. The molecule has 6 heteroatoms. The number of hydrogen-bond donors (Lipinski definition) is 1. The smallest absolute Gasteiger partial charge is 0.137 e. The molecule has 1 saturated heterocycles. The lowest BCUT2D eigenvalue weighted by Crippen LogP contribution is -2.47. The Bertz CT molecular complexity index is 879. The van der Waals surface area contributed by atoms with Crippen molar-refractivity contribution in [2.24, 2.45) is 9.98 Å². The van der Waals surface area contributed by atoms with Gasteiger partial charge in [0.05, 0.1) is 23.7 Å². The maximum Gasteiger partial charge on any atom is 0.137 e. The van der Waals surface area contributed by atoms with E-state index >= 15 is 0 Å². The third-order valence-corrected chi connectivity index (χ3v) is 5.75. The van der Waals surface area contributed by atoms with Crippen molar-refractivity contribution >= 4 is 11.5 Å². The molecule has 3 aliphatic rings. The average Bonchev–Trinajstić information content (AvgIpc) is 2.77. The Balaban J connectivity index is 1.75. The first-order valence-corrected chi connectivity index (χ1v) is 10.6. The molecule has 0 unspecified atom stereocenters. The molecule has 0 amide bonds. The minimum absolute atomic E-state index is 0.217. The Morgan fingerprint density at radius 2 is 2.00 bits per heavy atom. The zero-order chi connectivity index (χ0) is 21.7. The number of allylic oxidation sites excluding steroid dienone is 5. The minimum atomic E-state index is 0.217. The SMILES string of the molecule is C=C(CC)/C(C)=C/C(=NC)C1=CC(=C)N2C=C(N3CCN(CCO)CC3)C=CC2=N1. The van der Waals surface area contributed by atoms with Gasteiger partial charge in [-0.15, -0.1) is 0 Å². The highest BCUT2D eigenvalue weighted by Gasteiger charge is 2.24. The van der Waals surface area contributed by atoms with E-state index in [2.05, 4.69) is 54.1 Å². The van der Waals surface area contributed by atoms with Crippen molar-refractivity contribution in [3.05, 3.63) is 71.9 Å². The first kappa shape index (κ1) is 22.0. The van der Waals surface area contributed by atoms with E-state index in [-0.39, 0.29) is 6.61 Å². The molecule has 3 aliphatic heterocycles. The fraction of sp³-hybridized carbons (Fsp3) is 0.417. The van der Waals surface area contributed by atoms with Crippen molar-refractivity contribution < 1.29 is 5.11 Å². The predicted molar refractivity (Wildman–Crippen MR) is 125 cm³/mol. The number of amidine groups is 1. The molecule has 1 fully saturated rings. The number of aliphatic hydroxyl groups is 1. The summed E-state index contributed by atoms with van der Waals surface area (Å²) in [5, 5.41) is 9.13. The van der Waals surface area contributed by atoms with Gasteiger partial charge in [0, 0.05) is 51.7 Å². The van der Waals surface area contributed by atoms with Gasteiger partial charge < -0.3 is 14.9 Å². The van der Waals surface area contributed by atoms with Crippen LogP contribution in [0.1, 0.15) is 20.3 Å². The molecule has 0 atom stereocenters. The number of aliphatic hydroxyl groups excluding tert-OH is 1. The predicted octanol–water partition coefficient (Wildman–Crippen LogP) is 3.10. The summed E-state index contributed by atoms with van der Waals surface area (Å²) in [5.74, 6) is 0.849. The monoisotopic (exact) mass is 407 g/mol. The maximum absolute atomic E-state index is 9.13. The van der Waals surface area contributed by atoms with Gasteiger partial charge in [0.1, 0.15) is 5.84 Å². The second kappa shape index (κ2) is 9.87. The van der Waals surface area contributed by atoms with E-state index in [1.807, 2.05) is 23.1 Å². The van der Waals surface area contributed by atoms with E-state index in [1.54, 1.807) is 7.05 Å². The van der Waals surface area contributed by atoms with Crippen LogP contribution in [0.2, 0.25) is 0 Å². The largest absolute Gasteiger partial charge is 0.395 e.